The van der Waals surface area contributed by atoms with Gasteiger partial charge in [-0.15, -0.1) is 0 Å². The van der Waals surface area contributed by atoms with Crippen LogP contribution in [0.4, 0.5) is 0 Å². The largest absolute Gasteiger partial charge is 0.340 e. The monoisotopic (exact) mass is 304 g/mol. The molecule has 0 radical (unpaired) electrons. The van der Waals surface area contributed by atoms with E-state index in [2.05, 4.69) is 20.1 Å². The molecule has 0 aliphatic rings. The number of hydrogen-bond donors (Lipinski definition) is 0. The van der Waals surface area contributed by atoms with E-state index in [1.807, 2.05) is 0 Å². The molecule has 9 nitrogen and oxygen atoms in total. The first-order chi connectivity index (χ1) is 9.35. The van der Waals surface area contributed by atoms with Gasteiger partial charge in [0.1, 0.15) is 5.78 Å². The van der Waals surface area contributed by atoms with E-state index in [1.165, 1.54) is 0 Å². The highest BCUT2D eigenvalue weighted by molar-refractivity contribution is 7.54. The van der Waals surface area contributed by atoms with Crippen molar-refractivity contribution >= 4 is 7.60 Å². The summed E-state index contributed by atoms with van der Waals surface area (Å²) in [5.74, 6) is -0.925. The summed E-state index contributed by atoms with van der Waals surface area (Å²) in [7, 11) is -3.56. The summed E-state index contributed by atoms with van der Waals surface area (Å²) in [5, 5.41) is 6.91. The van der Waals surface area contributed by atoms with E-state index in [4.69, 9.17) is 20.1 Å². The Morgan fingerprint density at radius 1 is 1.10 bits per heavy atom. The van der Waals surface area contributed by atoms with Crippen LogP contribution in [0.5, 0.6) is 0 Å². The molecule has 0 bridgehead atoms. The first kappa shape index (κ1) is 18.8. The number of nitrogens with zero attached hydrogens (tertiary/aromatic N) is 6. The molecule has 0 aromatic heterocycles. The Morgan fingerprint density at radius 2 is 1.65 bits per heavy atom. The SMILES string of the molecule is CC(C)OP(=O)(OC(C)C)[C@H](CCCN=[N+]=[N-])N=[N+]=[N-]. The molecule has 0 amide bonds. The lowest BCUT2D eigenvalue weighted by Gasteiger charge is -2.27. The fourth-order valence-electron chi connectivity index (χ4n) is 1.48. The summed E-state index contributed by atoms with van der Waals surface area (Å²) >= 11 is 0. The molecule has 20 heavy (non-hydrogen) atoms. The van der Waals surface area contributed by atoms with Crippen molar-refractivity contribution in [3.8, 4) is 0 Å². The molecule has 114 valence electrons. The maximum atomic E-state index is 12.8. The van der Waals surface area contributed by atoms with Gasteiger partial charge in [-0.2, -0.15) is 0 Å². The smallest absolute Gasteiger partial charge is 0.306 e. The van der Waals surface area contributed by atoms with Crippen LogP contribution < -0.4 is 0 Å². The van der Waals surface area contributed by atoms with Gasteiger partial charge in [-0.3, -0.25) is 4.57 Å². The molecule has 0 aromatic rings. The van der Waals surface area contributed by atoms with Gasteiger partial charge in [0.15, 0.2) is 0 Å². The highest BCUT2D eigenvalue weighted by Gasteiger charge is 2.37. The van der Waals surface area contributed by atoms with E-state index in [-0.39, 0.29) is 25.2 Å². The van der Waals surface area contributed by atoms with Gasteiger partial charge in [0, 0.05) is 16.4 Å². The summed E-state index contributed by atoms with van der Waals surface area (Å²) in [4.78, 5) is 5.33. The average Bonchev–Trinajstić information content (AvgIpc) is 2.30. The zero-order valence-corrected chi connectivity index (χ0v) is 13.1. The van der Waals surface area contributed by atoms with Crippen LogP contribution in [0, 0.1) is 0 Å². The van der Waals surface area contributed by atoms with E-state index >= 15 is 0 Å². The topological polar surface area (TPSA) is 133 Å². The summed E-state index contributed by atoms with van der Waals surface area (Å²) in [5.41, 5.74) is 16.8. The van der Waals surface area contributed by atoms with Crippen molar-refractivity contribution in [3.05, 3.63) is 20.9 Å². The Bertz CT molecular complexity index is 415. The van der Waals surface area contributed by atoms with Gasteiger partial charge in [-0.1, -0.05) is 10.2 Å². The zero-order valence-electron chi connectivity index (χ0n) is 12.2. The summed E-state index contributed by atoms with van der Waals surface area (Å²) in [6.45, 7) is 7.14. The highest BCUT2D eigenvalue weighted by atomic mass is 31.2. The van der Waals surface area contributed by atoms with Gasteiger partial charge >= 0.3 is 7.60 Å². The van der Waals surface area contributed by atoms with Crippen molar-refractivity contribution in [2.75, 3.05) is 6.54 Å². The van der Waals surface area contributed by atoms with Crippen LogP contribution >= 0.6 is 7.60 Å². The highest BCUT2D eigenvalue weighted by Crippen LogP contribution is 2.57. The molecule has 0 spiro atoms. The number of azide groups is 2. The zero-order chi connectivity index (χ0) is 15.6. The van der Waals surface area contributed by atoms with Crippen molar-refractivity contribution in [1.82, 2.24) is 0 Å². The Morgan fingerprint density at radius 3 is 2.05 bits per heavy atom. The average molecular weight is 304 g/mol. The Balaban J connectivity index is 5.04. The minimum atomic E-state index is -3.56. The van der Waals surface area contributed by atoms with Gasteiger partial charge in [0.25, 0.3) is 0 Å². The van der Waals surface area contributed by atoms with Gasteiger partial charge < -0.3 is 9.05 Å². The molecule has 0 fully saturated rings. The molecule has 0 aliphatic heterocycles. The second-order valence-corrected chi connectivity index (χ2v) is 6.73. The van der Waals surface area contributed by atoms with Crippen molar-refractivity contribution < 1.29 is 13.6 Å². The minimum absolute atomic E-state index is 0.233. The first-order valence-electron chi connectivity index (χ1n) is 6.37. The molecule has 0 saturated heterocycles. The lowest BCUT2D eigenvalue weighted by molar-refractivity contribution is 0.136. The number of rotatable bonds is 10. The Hall–Kier alpha value is -1.23. The Labute approximate surface area is 118 Å². The third-order valence-corrected chi connectivity index (χ3v) is 4.57. The van der Waals surface area contributed by atoms with Crippen LogP contribution in [-0.2, 0) is 13.6 Å². The molecule has 0 aliphatic carbocycles. The molecule has 0 heterocycles. The van der Waals surface area contributed by atoms with Gasteiger partial charge in [-0.25, -0.2) is 0 Å². The molecule has 1 atom stereocenters. The second-order valence-electron chi connectivity index (χ2n) is 4.63. The predicted molar refractivity (Wildman–Crippen MR) is 76.2 cm³/mol. The van der Waals surface area contributed by atoms with Crippen molar-refractivity contribution in [3.63, 3.8) is 0 Å². The minimum Gasteiger partial charge on any atom is -0.306 e. The van der Waals surface area contributed by atoms with E-state index in [0.717, 1.165) is 0 Å². The van der Waals surface area contributed by atoms with Gasteiger partial charge in [0.05, 0.1) is 12.2 Å². The third-order valence-electron chi connectivity index (χ3n) is 2.05. The standard InChI is InChI=1S/C10H21N6O3P/c1-8(2)18-20(17,19-9(3)4)10(14-16-12)6-5-7-13-15-11/h8-10H,5-7H2,1-4H3/t10-/m1/s1. The molecule has 0 aromatic carbocycles. The molecular formula is C10H21N6O3P. The first-order valence-corrected chi connectivity index (χ1v) is 7.98. The van der Waals surface area contributed by atoms with E-state index in [1.54, 1.807) is 27.7 Å². The van der Waals surface area contributed by atoms with Crippen LogP contribution in [0.1, 0.15) is 40.5 Å². The maximum absolute atomic E-state index is 12.8. The van der Waals surface area contributed by atoms with Crippen LogP contribution in [0.15, 0.2) is 10.2 Å². The molecule has 0 N–H and O–H groups in total. The number of hydrogen-bond acceptors (Lipinski definition) is 5. The maximum Gasteiger partial charge on any atom is 0.340 e. The van der Waals surface area contributed by atoms with Crippen LogP contribution in [0.3, 0.4) is 0 Å². The van der Waals surface area contributed by atoms with Crippen molar-refractivity contribution in [2.45, 2.75) is 58.5 Å². The fraction of sp³-hybridized carbons (Fsp3) is 1.00. The lowest BCUT2D eigenvalue weighted by atomic mass is 10.3. The third kappa shape index (κ3) is 7.38. The molecular weight excluding hydrogens is 283 g/mol. The fourth-order valence-corrected chi connectivity index (χ4v) is 3.66. The summed E-state index contributed by atoms with van der Waals surface area (Å²) in [6.07, 6.45) is 0.0432. The van der Waals surface area contributed by atoms with Gasteiger partial charge in [0.2, 0.25) is 0 Å². The van der Waals surface area contributed by atoms with E-state index in [9.17, 15) is 4.57 Å². The lowest BCUT2D eigenvalue weighted by Crippen LogP contribution is -2.17. The van der Waals surface area contributed by atoms with Crippen molar-refractivity contribution in [2.24, 2.45) is 10.2 Å². The van der Waals surface area contributed by atoms with Crippen molar-refractivity contribution in [1.29, 1.82) is 0 Å². The summed E-state index contributed by atoms with van der Waals surface area (Å²) < 4.78 is 23.5. The van der Waals surface area contributed by atoms with E-state index < -0.39 is 13.4 Å². The quantitative estimate of drug-likeness (QED) is 0.189. The molecule has 0 unspecified atom stereocenters. The van der Waals surface area contributed by atoms with Crippen LogP contribution in [0.25, 0.3) is 20.9 Å². The predicted octanol–water partition coefficient (Wildman–Crippen LogP) is 4.76. The normalized spacial score (nSPS) is 12.9. The molecule has 0 rings (SSSR count). The van der Waals surface area contributed by atoms with Crippen LogP contribution in [-0.4, -0.2) is 24.5 Å². The van der Waals surface area contributed by atoms with Crippen LogP contribution in [0.2, 0.25) is 0 Å². The van der Waals surface area contributed by atoms with Gasteiger partial charge in [-0.05, 0) is 51.6 Å². The Kier molecular flexibility index (Phi) is 9.05. The van der Waals surface area contributed by atoms with E-state index in [0.29, 0.717) is 6.42 Å². The molecule has 0 saturated carbocycles. The molecule has 10 heteroatoms. The summed E-state index contributed by atoms with van der Waals surface area (Å²) in [6, 6.07) is 0. The second kappa shape index (κ2) is 9.64.